The summed E-state index contributed by atoms with van der Waals surface area (Å²) < 4.78 is 0. The van der Waals surface area contributed by atoms with Crippen molar-refractivity contribution in [2.45, 2.75) is 31.7 Å². The van der Waals surface area contributed by atoms with Crippen LogP contribution in [0.4, 0.5) is 11.4 Å². The average Bonchev–Trinajstić information content (AvgIpc) is 3.09. The number of benzene rings is 2. The number of hydrogen-bond acceptors (Lipinski definition) is 4. The quantitative estimate of drug-likeness (QED) is 0.795. The molecule has 5 nitrogen and oxygen atoms in total. The molecule has 5 rings (SSSR count). The summed E-state index contributed by atoms with van der Waals surface area (Å²) in [6.45, 7) is 7.60. The van der Waals surface area contributed by atoms with Crippen molar-refractivity contribution in [3.05, 3.63) is 59.2 Å². The number of carbonyl (C=O) groups excluding carboxylic acids is 1. The molecule has 0 aromatic heterocycles. The predicted octanol–water partition coefficient (Wildman–Crippen LogP) is 3.29. The van der Waals surface area contributed by atoms with E-state index in [-0.39, 0.29) is 11.8 Å². The SMILES string of the molecule is O=C1Nc2ccc(NCCN3CCN(Cc4ccccc4)CC3)c3c2C1CCC3. The fourth-order valence-electron chi connectivity index (χ4n) is 5.08. The van der Waals surface area contributed by atoms with Gasteiger partial charge in [0.25, 0.3) is 0 Å². The van der Waals surface area contributed by atoms with Crippen molar-refractivity contribution in [1.29, 1.82) is 0 Å². The van der Waals surface area contributed by atoms with Crippen molar-refractivity contribution in [2.75, 3.05) is 49.9 Å². The molecule has 1 atom stereocenters. The van der Waals surface area contributed by atoms with Crippen LogP contribution in [0, 0.1) is 0 Å². The van der Waals surface area contributed by atoms with Crippen molar-refractivity contribution >= 4 is 17.3 Å². The fourth-order valence-corrected chi connectivity index (χ4v) is 5.08. The maximum atomic E-state index is 12.2. The van der Waals surface area contributed by atoms with Gasteiger partial charge in [-0.2, -0.15) is 0 Å². The standard InChI is InChI=1S/C24H30N4O/c29-24-20-8-4-7-19-21(9-10-22(26-24)23(19)20)25-11-12-27-13-15-28(16-14-27)17-18-5-2-1-3-6-18/h1-3,5-6,9-10,20,25H,4,7-8,11-17H2,(H,26,29). The van der Waals surface area contributed by atoms with Crippen LogP contribution in [0.1, 0.15) is 35.4 Å². The van der Waals surface area contributed by atoms with Gasteiger partial charge in [0.2, 0.25) is 5.91 Å². The summed E-state index contributed by atoms with van der Waals surface area (Å²) in [7, 11) is 0. The topological polar surface area (TPSA) is 47.6 Å². The number of hydrogen-bond donors (Lipinski definition) is 2. The van der Waals surface area contributed by atoms with E-state index in [0.717, 1.165) is 70.8 Å². The van der Waals surface area contributed by atoms with E-state index >= 15 is 0 Å². The Hall–Kier alpha value is -2.37. The van der Waals surface area contributed by atoms with E-state index in [1.807, 2.05) is 0 Å². The van der Waals surface area contributed by atoms with Gasteiger partial charge in [-0.1, -0.05) is 30.3 Å². The summed E-state index contributed by atoms with van der Waals surface area (Å²) in [5.41, 5.74) is 6.30. The van der Waals surface area contributed by atoms with E-state index in [9.17, 15) is 4.79 Å². The molecule has 152 valence electrons. The zero-order valence-electron chi connectivity index (χ0n) is 17.0. The molecule has 0 saturated carbocycles. The van der Waals surface area contributed by atoms with E-state index in [0.29, 0.717) is 0 Å². The summed E-state index contributed by atoms with van der Waals surface area (Å²) in [5.74, 6) is 0.264. The molecule has 3 aliphatic rings. The molecule has 2 N–H and O–H groups in total. The minimum Gasteiger partial charge on any atom is -0.384 e. The molecule has 1 amide bonds. The Kier molecular flexibility index (Phi) is 5.25. The normalized spacial score (nSPS) is 21.7. The van der Waals surface area contributed by atoms with Gasteiger partial charge < -0.3 is 10.6 Å². The molecule has 1 saturated heterocycles. The van der Waals surface area contributed by atoms with Gasteiger partial charge in [0, 0.05) is 57.2 Å². The van der Waals surface area contributed by atoms with Crippen LogP contribution in [0.2, 0.25) is 0 Å². The van der Waals surface area contributed by atoms with Gasteiger partial charge in [-0.05, 0) is 48.1 Å². The summed E-state index contributed by atoms with van der Waals surface area (Å²) in [5, 5.41) is 6.72. The van der Waals surface area contributed by atoms with Crippen molar-refractivity contribution < 1.29 is 4.79 Å². The molecule has 29 heavy (non-hydrogen) atoms. The van der Waals surface area contributed by atoms with Gasteiger partial charge >= 0.3 is 0 Å². The van der Waals surface area contributed by atoms with Gasteiger partial charge in [0.05, 0.1) is 5.92 Å². The number of anilines is 2. The molecule has 1 aliphatic carbocycles. The number of piperazine rings is 1. The smallest absolute Gasteiger partial charge is 0.232 e. The van der Waals surface area contributed by atoms with Crippen molar-refractivity contribution in [2.24, 2.45) is 0 Å². The Balaban J connectivity index is 1.12. The molecule has 0 spiro atoms. The summed E-state index contributed by atoms with van der Waals surface area (Å²) >= 11 is 0. The largest absolute Gasteiger partial charge is 0.384 e. The highest BCUT2D eigenvalue weighted by molar-refractivity contribution is 6.04. The number of rotatable bonds is 6. The summed E-state index contributed by atoms with van der Waals surface area (Å²) in [6.07, 6.45) is 3.17. The van der Waals surface area contributed by atoms with Gasteiger partial charge in [-0.25, -0.2) is 0 Å². The summed E-state index contributed by atoms with van der Waals surface area (Å²) in [6, 6.07) is 15.0. The molecule has 2 heterocycles. The lowest BCUT2D eigenvalue weighted by atomic mass is 9.83. The second-order valence-electron chi connectivity index (χ2n) is 8.52. The first kappa shape index (κ1) is 18.6. The highest BCUT2D eigenvalue weighted by atomic mass is 16.2. The Bertz CT molecular complexity index is 874. The van der Waals surface area contributed by atoms with Crippen molar-refractivity contribution in [3.63, 3.8) is 0 Å². The van der Waals surface area contributed by atoms with Crippen LogP contribution in [0.3, 0.4) is 0 Å². The monoisotopic (exact) mass is 390 g/mol. The lowest BCUT2D eigenvalue weighted by Gasteiger charge is -2.35. The van der Waals surface area contributed by atoms with Crippen LogP contribution < -0.4 is 10.6 Å². The molecule has 1 unspecified atom stereocenters. The third-order valence-corrected chi connectivity index (χ3v) is 6.66. The third-order valence-electron chi connectivity index (χ3n) is 6.66. The highest BCUT2D eigenvalue weighted by Crippen LogP contribution is 2.44. The molecule has 0 bridgehead atoms. The van der Waals surface area contributed by atoms with E-state index in [4.69, 9.17) is 0 Å². The van der Waals surface area contributed by atoms with E-state index in [2.05, 4.69) is 62.9 Å². The average molecular weight is 391 g/mol. The maximum absolute atomic E-state index is 12.2. The maximum Gasteiger partial charge on any atom is 0.232 e. The van der Waals surface area contributed by atoms with Gasteiger partial charge in [0.1, 0.15) is 0 Å². The minimum absolute atomic E-state index is 0.0770. The first-order chi connectivity index (χ1) is 14.3. The van der Waals surface area contributed by atoms with Gasteiger partial charge in [0.15, 0.2) is 0 Å². The van der Waals surface area contributed by atoms with E-state index < -0.39 is 0 Å². The Labute approximate surface area is 173 Å². The van der Waals surface area contributed by atoms with Crippen molar-refractivity contribution in [1.82, 2.24) is 9.80 Å². The lowest BCUT2D eigenvalue weighted by Crippen LogP contribution is -2.47. The number of carbonyl (C=O) groups is 1. The van der Waals surface area contributed by atoms with Crippen LogP contribution in [0.15, 0.2) is 42.5 Å². The Morgan fingerprint density at radius 1 is 1.00 bits per heavy atom. The van der Waals surface area contributed by atoms with Crippen molar-refractivity contribution in [3.8, 4) is 0 Å². The predicted molar refractivity (Wildman–Crippen MR) is 117 cm³/mol. The second kappa shape index (κ2) is 8.17. The first-order valence-electron chi connectivity index (χ1n) is 11.0. The molecule has 1 fully saturated rings. The van der Waals surface area contributed by atoms with Crippen LogP contribution >= 0.6 is 0 Å². The molecule has 5 heteroatoms. The number of nitrogens with zero attached hydrogens (tertiary/aromatic N) is 2. The molecule has 2 aliphatic heterocycles. The van der Waals surface area contributed by atoms with E-state index in [1.54, 1.807) is 0 Å². The highest BCUT2D eigenvalue weighted by Gasteiger charge is 2.35. The van der Waals surface area contributed by atoms with Gasteiger partial charge in [-0.3, -0.25) is 14.6 Å². The zero-order chi connectivity index (χ0) is 19.6. The fraction of sp³-hybridized carbons (Fsp3) is 0.458. The summed E-state index contributed by atoms with van der Waals surface area (Å²) in [4.78, 5) is 17.3. The van der Waals surface area contributed by atoms with Crippen LogP contribution in [0.5, 0.6) is 0 Å². The van der Waals surface area contributed by atoms with E-state index in [1.165, 1.54) is 22.4 Å². The molecule has 2 aromatic carbocycles. The molecular weight excluding hydrogens is 360 g/mol. The Morgan fingerprint density at radius 3 is 2.62 bits per heavy atom. The number of nitrogens with one attached hydrogen (secondary N) is 2. The molecule has 2 aromatic rings. The molecular formula is C24H30N4O. The number of amides is 1. The second-order valence-corrected chi connectivity index (χ2v) is 8.52. The molecule has 0 radical (unpaired) electrons. The van der Waals surface area contributed by atoms with Crippen LogP contribution in [0.25, 0.3) is 0 Å². The lowest BCUT2D eigenvalue weighted by molar-refractivity contribution is -0.117. The van der Waals surface area contributed by atoms with Crippen LogP contribution in [-0.4, -0.2) is 55.0 Å². The Morgan fingerprint density at radius 2 is 1.79 bits per heavy atom. The van der Waals surface area contributed by atoms with Gasteiger partial charge in [-0.15, -0.1) is 0 Å². The van der Waals surface area contributed by atoms with Crippen LogP contribution in [-0.2, 0) is 17.8 Å². The zero-order valence-corrected chi connectivity index (χ0v) is 17.0. The first-order valence-corrected chi connectivity index (χ1v) is 11.0. The minimum atomic E-state index is 0.0770. The third kappa shape index (κ3) is 3.89.